The fraction of sp³-hybridized carbons (Fsp3) is 0.591. The summed E-state index contributed by atoms with van der Waals surface area (Å²) in [5, 5.41) is 14.7. The fourth-order valence-corrected chi connectivity index (χ4v) is 4.83. The lowest BCUT2D eigenvalue weighted by Gasteiger charge is -2.39. The smallest absolute Gasteiger partial charge is 0.359 e. The van der Waals surface area contributed by atoms with Gasteiger partial charge in [0, 0.05) is 38.4 Å². The molecule has 10 heteroatoms. The van der Waals surface area contributed by atoms with Crippen LogP contribution in [0.3, 0.4) is 0 Å². The van der Waals surface area contributed by atoms with Gasteiger partial charge in [-0.3, -0.25) is 4.79 Å². The quantitative estimate of drug-likeness (QED) is 0.743. The number of carbonyl (C=O) groups is 2. The number of alkyl halides is 3. The monoisotopic (exact) mass is 449 g/mol. The molecule has 4 rings (SSSR count). The number of nitrogens with one attached hydrogen (secondary N) is 2. The molecule has 0 bridgehead atoms. The zero-order valence-corrected chi connectivity index (χ0v) is 17.8. The number of amides is 3. The van der Waals surface area contributed by atoms with E-state index < -0.39 is 23.3 Å². The molecule has 1 spiro atoms. The van der Waals surface area contributed by atoms with Gasteiger partial charge < -0.3 is 20.4 Å². The van der Waals surface area contributed by atoms with Crippen LogP contribution < -0.4 is 15.5 Å². The second-order valence-electron chi connectivity index (χ2n) is 9.01. The summed E-state index contributed by atoms with van der Waals surface area (Å²) >= 11 is 0. The van der Waals surface area contributed by atoms with E-state index in [1.54, 1.807) is 22.9 Å². The third-order valence-electron chi connectivity index (χ3n) is 6.82. The van der Waals surface area contributed by atoms with Crippen LogP contribution in [0.2, 0.25) is 0 Å². The summed E-state index contributed by atoms with van der Waals surface area (Å²) in [6.07, 6.45) is -0.962. The maximum atomic E-state index is 13.5. The number of hydrogen-bond acceptors (Lipinski definition) is 4. The summed E-state index contributed by atoms with van der Waals surface area (Å²) in [7, 11) is 1.57. The van der Waals surface area contributed by atoms with Crippen molar-refractivity contribution in [2.75, 3.05) is 31.6 Å². The number of rotatable bonds is 3. The second-order valence-corrected chi connectivity index (χ2v) is 9.01. The molecule has 3 amide bonds. The minimum absolute atomic E-state index is 0.141. The third-order valence-corrected chi connectivity index (χ3v) is 6.82. The van der Waals surface area contributed by atoms with Crippen LogP contribution in [0.4, 0.5) is 23.7 Å². The van der Waals surface area contributed by atoms with E-state index in [0.29, 0.717) is 38.9 Å². The first-order valence-corrected chi connectivity index (χ1v) is 10.8. The van der Waals surface area contributed by atoms with Crippen molar-refractivity contribution in [2.24, 2.45) is 5.41 Å². The summed E-state index contributed by atoms with van der Waals surface area (Å²) in [6, 6.07) is 4.65. The summed E-state index contributed by atoms with van der Waals surface area (Å²) in [5.74, 6) is -0.170. The van der Waals surface area contributed by atoms with Crippen LogP contribution in [-0.4, -0.2) is 55.6 Å². The van der Waals surface area contributed by atoms with Crippen molar-refractivity contribution in [3.8, 4) is 6.07 Å². The van der Waals surface area contributed by atoms with Crippen LogP contribution in [-0.2, 0) is 11.0 Å². The Bertz CT molecular complexity index is 946. The van der Waals surface area contributed by atoms with Gasteiger partial charge in [0.05, 0.1) is 17.2 Å². The van der Waals surface area contributed by atoms with E-state index in [0.717, 1.165) is 18.9 Å². The lowest BCUT2D eigenvalue weighted by molar-refractivity contribution is -0.137. The Morgan fingerprint density at radius 1 is 1.22 bits per heavy atom. The zero-order valence-electron chi connectivity index (χ0n) is 17.8. The summed E-state index contributed by atoms with van der Waals surface area (Å²) in [6.45, 7) is 1.50. The molecule has 3 fully saturated rings. The van der Waals surface area contributed by atoms with Crippen LogP contribution in [0, 0.1) is 16.7 Å². The molecular weight excluding hydrogens is 423 g/mol. The molecule has 1 aromatic rings. The maximum absolute atomic E-state index is 13.5. The van der Waals surface area contributed by atoms with Gasteiger partial charge in [0.2, 0.25) is 5.91 Å². The normalized spacial score (nSPS) is 22.5. The van der Waals surface area contributed by atoms with E-state index in [-0.39, 0.29) is 29.1 Å². The number of urea groups is 1. The molecule has 0 aromatic heterocycles. The molecule has 7 nitrogen and oxygen atoms in total. The van der Waals surface area contributed by atoms with E-state index in [1.165, 1.54) is 12.1 Å². The molecule has 1 unspecified atom stereocenters. The summed E-state index contributed by atoms with van der Waals surface area (Å²) in [4.78, 5) is 28.5. The van der Waals surface area contributed by atoms with Crippen LogP contribution in [0.1, 0.15) is 43.2 Å². The number of nitrogens with zero attached hydrogens (tertiary/aromatic N) is 3. The van der Waals surface area contributed by atoms with Crippen molar-refractivity contribution >= 4 is 17.6 Å². The minimum Gasteiger partial charge on any atom is -0.359 e. The molecular formula is C22H26F3N5O2. The fourth-order valence-electron chi connectivity index (χ4n) is 4.83. The minimum atomic E-state index is -4.66. The molecule has 1 saturated carbocycles. The van der Waals surface area contributed by atoms with Gasteiger partial charge in [-0.05, 0) is 55.7 Å². The molecule has 1 aliphatic carbocycles. The number of carbonyl (C=O) groups excluding carboxylic acids is 2. The average Bonchev–Trinajstić information content (AvgIpc) is 3.51. The third kappa shape index (κ3) is 4.33. The first kappa shape index (κ1) is 22.2. The van der Waals surface area contributed by atoms with Gasteiger partial charge in [-0.1, -0.05) is 0 Å². The highest BCUT2D eigenvalue weighted by molar-refractivity contribution is 5.87. The van der Waals surface area contributed by atoms with E-state index in [2.05, 4.69) is 10.6 Å². The highest BCUT2D eigenvalue weighted by Crippen LogP contribution is 2.46. The first-order chi connectivity index (χ1) is 15.2. The maximum Gasteiger partial charge on any atom is 0.417 e. The molecule has 0 radical (unpaired) electrons. The van der Waals surface area contributed by atoms with E-state index in [1.807, 2.05) is 0 Å². The van der Waals surface area contributed by atoms with E-state index >= 15 is 0 Å². The van der Waals surface area contributed by atoms with Crippen molar-refractivity contribution < 1.29 is 22.8 Å². The van der Waals surface area contributed by atoms with Gasteiger partial charge in [-0.2, -0.15) is 18.4 Å². The topological polar surface area (TPSA) is 88.5 Å². The predicted molar refractivity (Wildman–Crippen MR) is 111 cm³/mol. The highest BCUT2D eigenvalue weighted by atomic mass is 19.4. The van der Waals surface area contributed by atoms with Crippen molar-refractivity contribution in [2.45, 2.75) is 50.4 Å². The highest BCUT2D eigenvalue weighted by Gasteiger charge is 2.49. The van der Waals surface area contributed by atoms with E-state index in [9.17, 15) is 22.8 Å². The number of piperidine rings is 1. The molecule has 1 atom stereocenters. The lowest BCUT2D eigenvalue weighted by atomic mass is 9.76. The van der Waals surface area contributed by atoms with Gasteiger partial charge in [0.15, 0.2) is 0 Å². The van der Waals surface area contributed by atoms with Crippen molar-refractivity contribution in [3.05, 3.63) is 29.3 Å². The molecule has 1 aromatic carbocycles. The summed E-state index contributed by atoms with van der Waals surface area (Å²) < 4.78 is 40.6. The van der Waals surface area contributed by atoms with Crippen molar-refractivity contribution in [3.63, 3.8) is 0 Å². The Morgan fingerprint density at radius 2 is 1.91 bits per heavy atom. The molecule has 2 aliphatic heterocycles. The molecule has 2 N–H and O–H groups in total. The van der Waals surface area contributed by atoms with E-state index in [4.69, 9.17) is 5.26 Å². The SMILES string of the molecule is CNC(=O)N1CCC2(CC1)CC(C(=O)NC1CC1)N(c1ccc(C#N)c(C(F)(F)F)c1)C2. The van der Waals surface area contributed by atoms with Crippen LogP contribution in [0.5, 0.6) is 0 Å². The molecule has 2 saturated heterocycles. The zero-order chi connectivity index (χ0) is 23.1. The Hall–Kier alpha value is -2.96. The van der Waals surface area contributed by atoms with Crippen LogP contribution in [0.25, 0.3) is 0 Å². The van der Waals surface area contributed by atoms with Crippen LogP contribution in [0.15, 0.2) is 18.2 Å². The number of likely N-dealkylation sites (tertiary alicyclic amines) is 1. The predicted octanol–water partition coefficient (Wildman–Crippen LogP) is 2.86. The second kappa shape index (κ2) is 8.19. The summed E-state index contributed by atoms with van der Waals surface area (Å²) in [5.41, 5.74) is -1.40. The van der Waals surface area contributed by atoms with Gasteiger partial charge in [0.25, 0.3) is 0 Å². The molecule has 32 heavy (non-hydrogen) atoms. The largest absolute Gasteiger partial charge is 0.417 e. The molecule has 3 aliphatic rings. The van der Waals surface area contributed by atoms with Gasteiger partial charge in [0.1, 0.15) is 6.04 Å². The van der Waals surface area contributed by atoms with Crippen molar-refractivity contribution in [1.29, 1.82) is 5.26 Å². The first-order valence-electron chi connectivity index (χ1n) is 10.8. The number of hydrogen-bond donors (Lipinski definition) is 2. The number of benzene rings is 1. The average molecular weight is 449 g/mol. The van der Waals surface area contributed by atoms with Gasteiger partial charge in [-0.15, -0.1) is 0 Å². The Morgan fingerprint density at radius 3 is 2.47 bits per heavy atom. The van der Waals surface area contributed by atoms with Gasteiger partial charge in [-0.25, -0.2) is 4.79 Å². The molecule has 2 heterocycles. The van der Waals surface area contributed by atoms with Crippen molar-refractivity contribution in [1.82, 2.24) is 15.5 Å². The van der Waals surface area contributed by atoms with Crippen LogP contribution >= 0.6 is 0 Å². The van der Waals surface area contributed by atoms with Gasteiger partial charge >= 0.3 is 12.2 Å². The Balaban J connectivity index is 1.62. The Labute approximate surface area is 184 Å². The number of halogens is 3. The number of anilines is 1. The molecule has 172 valence electrons. The lowest BCUT2D eigenvalue weighted by Crippen LogP contribution is -2.47. The standard InChI is InChI=1S/C22H26F3N5O2/c1-27-20(32)29-8-6-21(7-9-29)11-18(19(31)28-15-3-4-15)30(13-21)16-5-2-14(12-26)17(10-16)22(23,24)25/h2,5,10,15,18H,3-4,6-9,11,13H2,1H3,(H,27,32)(H,28,31). The Kier molecular flexibility index (Phi) is 5.69. The number of nitriles is 1.